The Morgan fingerprint density at radius 2 is 1.39 bits per heavy atom. The molecule has 3 aromatic carbocycles. The van der Waals surface area contributed by atoms with Crippen LogP contribution < -0.4 is 14.5 Å². The van der Waals surface area contributed by atoms with Gasteiger partial charge in [-0.05, 0) is 48.9 Å². The number of fused-ring (bicyclic) bond motifs is 6. The van der Waals surface area contributed by atoms with Crippen molar-refractivity contribution in [1.29, 1.82) is 0 Å². The fraction of sp³-hybridized carbons (Fsp3) is 0.259. The number of hydrogen-bond donors (Lipinski definition) is 0. The Hall–Kier alpha value is -3.80. The van der Waals surface area contributed by atoms with Crippen LogP contribution in [0.1, 0.15) is 39.5 Å². The predicted octanol–water partition coefficient (Wildman–Crippen LogP) is 4.52. The van der Waals surface area contributed by atoms with Gasteiger partial charge < -0.3 is 19.3 Å². The third-order valence-corrected chi connectivity index (χ3v) is 6.32. The minimum atomic E-state index is -1.14. The van der Waals surface area contributed by atoms with E-state index < -0.39 is 5.60 Å². The Balaban J connectivity index is 1.81. The molecular formula is C27H26N2O4. The van der Waals surface area contributed by atoms with E-state index in [1.54, 1.807) is 13.0 Å². The van der Waals surface area contributed by atoms with Crippen molar-refractivity contribution in [2.24, 2.45) is 0 Å². The molecule has 0 saturated heterocycles. The van der Waals surface area contributed by atoms with Crippen LogP contribution in [0.15, 0.2) is 54.6 Å². The van der Waals surface area contributed by atoms with E-state index in [1.807, 2.05) is 86.5 Å². The number of ether oxygens (including phenoxy) is 2. The van der Waals surface area contributed by atoms with E-state index in [2.05, 4.69) is 0 Å². The van der Waals surface area contributed by atoms with Gasteiger partial charge in [0.25, 0.3) is 0 Å². The van der Waals surface area contributed by atoms with Crippen LogP contribution in [0.2, 0.25) is 0 Å². The lowest BCUT2D eigenvalue weighted by Crippen LogP contribution is -2.33. The number of nitrogens with zero attached hydrogens (tertiary/aromatic N) is 2. The van der Waals surface area contributed by atoms with Crippen LogP contribution in [0.4, 0.5) is 11.4 Å². The normalized spacial score (nSPS) is 14.6. The van der Waals surface area contributed by atoms with Crippen LogP contribution in [0, 0.1) is 0 Å². The molecule has 0 atom stereocenters. The van der Waals surface area contributed by atoms with Gasteiger partial charge >= 0.3 is 5.97 Å². The summed E-state index contributed by atoms with van der Waals surface area (Å²) >= 11 is 0. The zero-order chi connectivity index (χ0) is 23.5. The van der Waals surface area contributed by atoms with E-state index in [9.17, 15) is 9.59 Å². The summed E-state index contributed by atoms with van der Waals surface area (Å²) in [6.07, 6.45) is 0.299. The van der Waals surface area contributed by atoms with Crippen molar-refractivity contribution in [3.8, 4) is 11.5 Å². The van der Waals surface area contributed by atoms with Gasteiger partial charge in [-0.15, -0.1) is 0 Å². The molecule has 0 amide bonds. The Bertz CT molecular complexity index is 1250. The Morgan fingerprint density at radius 1 is 0.818 bits per heavy atom. The average molecular weight is 443 g/mol. The van der Waals surface area contributed by atoms with E-state index in [1.165, 1.54) is 0 Å². The van der Waals surface area contributed by atoms with Crippen LogP contribution in [0.5, 0.6) is 11.5 Å². The molecule has 0 saturated carbocycles. The third kappa shape index (κ3) is 3.17. The fourth-order valence-corrected chi connectivity index (χ4v) is 4.70. The highest BCUT2D eigenvalue weighted by atomic mass is 16.6. The molecule has 2 heterocycles. The summed E-state index contributed by atoms with van der Waals surface area (Å²) < 4.78 is 12.6. The van der Waals surface area contributed by atoms with Crippen LogP contribution in [-0.4, -0.2) is 39.9 Å². The zero-order valence-electron chi connectivity index (χ0n) is 19.4. The minimum Gasteiger partial charge on any atom is -0.456 e. The molecule has 0 N–H and O–H groups in total. The van der Waals surface area contributed by atoms with Gasteiger partial charge in [0, 0.05) is 74.8 Å². The summed E-state index contributed by atoms with van der Waals surface area (Å²) in [5.74, 6) is 0.962. The number of ketones is 1. The second kappa shape index (κ2) is 7.37. The van der Waals surface area contributed by atoms with Gasteiger partial charge in [0.15, 0.2) is 5.60 Å². The van der Waals surface area contributed by atoms with Crippen LogP contribution in [0.25, 0.3) is 0 Å². The molecule has 3 aromatic rings. The molecule has 0 aliphatic carbocycles. The maximum atomic E-state index is 13.1. The molecule has 6 nitrogen and oxygen atoms in total. The maximum Gasteiger partial charge on any atom is 0.340 e. The quantitative estimate of drug-likeness (QED) is 0.554. The van der Waals surface area contributed by atoms with Gasteiger partial charge in [0.2, 0.25) is 0 Å². The number of benzene rings is 3. The fourth-order valence-electron chi connectivity index (χ4n) is 4.70. The molecule has 168 valence electrons. The summed E-state index contributed by atoms with van der Waals surface area (Å²) in [6.45, 7) is 1.56. The monoisotopic (exact) mass is 442 g/mol. The molecule has 6 heteroatoms. The lowest BCUT2D eigenvalue weighted by atomic mass is 9.77. The number of esters is 1. The van der Waals surface area contributed by atoms with Crippen molar-refractivity contribution < 1.29 is 19.1 Å². The van der Waals surface area contributed by atoms with E-state index in [-0.39, 0.29) is 11.8 Å². The molecular weight excluding hydrogens is 416 g/mol. The van der Waals surface area contributed by atoms with E-state index >= 15 is 0 Å². The first kappa shape index (κ1) is 21.1. The Labute approximate surface area is 193 Å². The van der Waals surface area contributed by atoms with Gasteiger partial charge in [-0.1, -0.05) is 6.07 Å². The lowest BCUT2D eigenvalue weighted by molar-refractivity contribution is -0.116. The van der Waals surface area contributed by atoms with Crippen molar-refractivity contribution in [2.45, 2.75) is 18.9 Å². The largest absolute Gasteiger partial charge is 0.456 e. The number of hydrogen-bond acceptors (Lipinski definition) is 6. The average Bonchev–Trinajstić information content (AvgIpc) is 3.05. The highest BCUT2D eigenvalue weighted by Crippen LogP contribution is 2.57. The van der Waals surface area contributed by atoms with Gasteiger partial charge in [-0.25, -0.2) is 4.79 Å². The topological polar surface area (TPSA) is 59.1 Å². The van der Waals surface area contributed by atoms with Crippen molar-refractivity contribution in [2.75, 3.05) is 38.0 Å². The second-order valence-electron chi connectivity index (χ2n) is 9.08. The van der Waals surface area contributed by atoms with E-state index in [4.69, 9.17) is 9.47 Å². The molecule has 0 fully saturated rings. The first-order valence-electron chi connectivity index (χ1n) is 10.9. The maximum absolute atomic E-state index is 13.1. The van der Waals surface area contributed by atoms with E-state index in [0.29, 0.717) is 23.5 Å². The summed E-state index contributed by atoms with van der Waals surface area (Å²) in [5.41, 5.74) is 4.45. The smallest absolute Gasteiger partial charge is 0.340 e. The van der Waals surface area contributed by atoms with Crippen LogP contribution in [0.3, 0.4) is 0 Å². The number of carbonyl (C=O) groups excluding carboxylic acids is 2. The van der Waals surface area contributed by atoms with Gasteiger partial charge in [-0.3, -0.25) is 4.79 Å². The standard InChI is InChI=1S/C27H26N2O4/c1-16(30)12-17-6-9-20-23(13-17)27(33-26(20)31)21-10-7-18(28(2)3)14-24(21)32-25-15-19(29(4)5)8-11-22(25)27/h6-11,13-15H,12H2,1-5H3. The van der Waals surface area contributed by atoms with Gasteiger partial charge in [0.05, 0.1) is 5.56 Å². The van der Waals surface area contributed by atoms with Gasteiger partial charge in [-0.2, -0.15) is 0 Å². The first-order chi connectivity index (χ1) is 15.7. The number of anilines is 2. The van der Waals surface area contributed by atoms with Crippen molar-refractivity contribution >= 4 is 23.1 Å². The SMILES string of the molecule is CC(=O)Cc1ccc2c(c1)C1(OC2=O)c2ccc(N(C)C)cc2Oc2cc(N(C)C)ccc21. The molecule has 2 aliphatic rings. The summed E-state index contributed by atoms with van der Waals surface area (Å²) in [4.78, 5) is 28.9. The zero-order valence-corrected chi connectivity index (χ0v) is 19.4. The molecule has 1 spiro atoms. The lowest BCUT2D eigenvalue weighted by Gasteiger charge is -2.37. The molecule has 5 rings (SSSR count). The predicted molar refractivity (Wildman–Crippen MR) is 128 cm³/mol. The van der Waals surface area contributed by atoms with Crippen molar-refractivity contribution in [1.82, 2.24) is 0 Å². The van der Waals surface area contributed by atoms with Crippen LogP contribution >= 0.6 is 0 Å². The summed E-state index contributed by atoms with van der Waals surface area (Å²) in [6, 6.07) is 17.4. The molecule has 33 heavy (non-hydrogen) atoms. The second-order valence-corrected chi connectivity index (χ2v) is 9.08. The molecule has 0 unspecified atom stereocenters. The Morgan fingerprint density at radius 3 is 1.91 bits per heavy atom. The summed E-state index contributed by atoms with van der Waals surface area (Å²) in [7, 11) is 7.88. The van der Waals surface area contributed by atoms with Crippen molar-refractivity contribution in [3.63, 3.8) is 0 Å². The van der Waals surface area contributed by atoms with E-state index in [0.717, 1.165) is 33.6 Å². The summed E-state index contributed by atoms with van der Waals surface area (Å²) in [5, 5.41) is 0. The first-order valence-corrected chi connectivity index (χ1v) is 10.9. The molecule has 0 aromatic heterocycles. The molecule has 0 radical (unpaired) electrons. The minimum absolute atomic E-state index is 0.0632. The third-order valence-electron chi connectivity index (χ3n) is 6.32. The van der Waals surface area contributed by atoms with Gasteiger partial charge in [0.1, 0.15) is 17.3 Å². The number of rotatable bonds is 4. The highest BCUT2D eigenvalue weighted by molar-refractivity contribution is 5.97. The number of Topliss-reactive ketones (excluding diaryl/α,β-unsaturated/α-hetero) is 1. The molecule has 2 aliphatic heterocycles. The highest BCUT2D eigenvalue weighted by Gasteiger charge is 2.53. The van der Waals surface area contributed by atoms with Crippen molar-refractivity contribution in [3.05, 3.63) is 82.4 Å². The number of carbonyl (C=O) groups is 2. The molecule has 0 bridgehead atoms. The van der Waals surface area contributed by atoms with Crippen LogP contribution in [-0.2, 0) is 21.6 Å². The Kier molecular flexibility index (Phi) is 4.71.